The first-order valence-corrected chi connectivity index (χ1v) is 8.76. The molecule has 1 aromatic heterocycles. The first kappa shape index (κ1) is 17.2. The highest BCUT2D eigenvalue weighted by molar-refractivity contribution is 6.37. The zero-order valence-electron chi connectivity index (χ0n) is 14.9. The maximum Gasteiger partial charge on any atom is 0.349 e. The fourth-order valence-electron chi connectivity index (χ4n) is 3.74. The largest absolute Gasteiger partial charge is 0.349 e. The Morgan fingerprint density at radius 3 is 2.65 bits per heavy atom. The number of benzene rings is 1. The van der Waals surface area contributed by atoms with E-state index in [0.717, 1.165) is 4.57 Å². The Labute approximate surface area is 154 Å². The molecule has 1 amide bonds. The molecule has 3 heterocycles. The number of likely N-dealkylation sites (N-methyl/N-ethyl adjacent to an activating group) is 1. The van der Waals surface area contributed by atoms with Gasteiger partial charge in [-0.2, -0.15) is 4.98 Å². The predicted molar refractivity (Wildman–Crippen MR) is 98.5 cm³/mol. The quantitative estimate of drug-likeness (QED) is 0.751. The van der Waals surface area contributed by atoms with Gasteiger partial charge in [0.05, 0.1) is 21.6 Å². The summed E-state index contributed by atoms with van der Waals surface area (Å²) in [4.78, 5) is 33.4. The average Bonchev–Trinajstić information content (AvgIpc) is 2.70. The summed E-state index contributed by atoms with van der Waals surface area (Å²) in [6, 6.07) is -0.391. The number of fused-ring (bicyclic) bond motifs is 2. The number of nitrogens with one attached hydrogen (secondary N) is 1. The van der Waals surface area contributed by atoms with Crippen LogP contribution in [0.5, 0.6) is 0 Å². The molecule has 2 unspecified atom stereocenters. The van der Waals surface area contributed by atoms with Gasteiger partial charge in [-0.1, -0.05) is 11.6 Å². The molecule has 138 valence electrons. The predicted octanol–water partition coefficient (Wildman–Crippen LogP) is 1.50. The summed E-state index contributed by atoms with van der Waals surface area (Å²) in [6.45, 7) is 4.52. The monoisotopic (exact) mass is 379 g/mol. The van der Waals surface area contributed by atoms with Crippen molar-refractivity contribution in [1.29, 1.82) is 0 Å². The van der Waals surface area contributed by atoms with Crippen molar-refractivity contribution >= 4 is 39.9 Å². The molecule has 0 aliphatic carbocycles. The molecular formula is C17H19ClFN5O2. The number of halogens is 2. The van der Waals surface area contributed by atoms with Crippen molar-refractivity contribution in [3.05, 3.63) is 26.9 Å². The molecule has 0 bridgehead atoms. The lowest BCUT2D eigenvalue weighted by molar-refractivity contribution is -0.118. The molecule has 2 atom stereocenters. The lowest BCUT2D eigenvalue weighted by atomic mass is 10.1. The summed E-state index contributed by atoms with van der Waals surface area (Å²) in [7, 11) is 3.41. The molecule has 7 nitrogen and oxygen atoms in total. The molecule has 1 saturated heterocycles. The summed E-state index contributed by atoms with van der Waals surface area (Å²) in [6.07, 6.45) is 0. The van der Waals surface area contributed by atoms with Crippen molar-refractivity contribution in [2.45, 2.75) is 25.9 Å². The maximum atomic E-state index is 15.0. The molecule has 9 heteroatoms. The molecule has 0 saturated carbocycles. The van der Waals surface area contributed by atoms with Gasteiger partial charge in [0.1, 0.15) is 11.9 Å². The Kier molecular flexibility index (Phi) is 3.75. The summed E-state index contributed by atoms with van der Waals surface area (Å²) < 4.78 is 16.2. The number of aryl methyl sites for hydroxylation is 1. The number of aromatic nitrogens is 2. The molecule has 2 aliphatic rings. The molecule has 2 aromatic rings. The first-order valence-electron chi connectivity index (χ1n) is 8.38. The van der Waals surface area contributed by atoms with Gasteiger partial charge in [0.15, 0.2) is 5.82 Å². The Morgan fingerprint density at radius 2 is 1.96 bits per heavy atom. The minimum atomic E-state index is -0.577. The lowest BCUT2D eigenvalue weighted by Crippen LogP contribution is -2.60. The molecule has 1 fully saturated rings. The smallest absolute Gasteiger partial charge is 0.341 e. The molecule has 2 aliphatic heterocycles. The van der Waals surface area contributed by atoms with Gasteiger partial charge < -0.3 is 10.2 Å². The van der Waals surface area contributed by atoms with Gasteiger partial charge in [-0.3, -0.25) is 14.3 Å². The minimum Gasteiger partial charge on any atom is -0.341 e. The van der Waals surface area contributed by atoms with Gasteiger partial charge in [0, 0.05) is 31.7 Å². The van der Waals surface area contributed by atoms with Crippen molar-refractivity contribution in [3.63, 3.8) is 0 Å². The van der Waals surface area contributed by atoms with Crippen LogP contribution in [-0.2, 0) is 11.8 Å². The fourth-order valence-corrected chi connectivity index (χ4v) is 3.97. The van der Waals surface area contributed by atoms with E-state index in [-0.39, 0.29) is 28.1 Å². The number of carbonyl (C=O) groups is 1. The van der Waals surface area contributed by atoms with Crippen LogP contribution in [0.2, 0.25) is 5.02 Å². The van der Waals surface area contributed by atoms with Crippen molar-refractivity contribution in [2.24, 2.45) is 7.05 Å². The van der Waals surface area contributed by atoms with Crippen molar-refractivity contribution < 1.29 is 9.18 Å². The third kappa shape index (κ3) is 2.18. The highest BCUT2D eigenvalue weighted by Crippen LogP contribution is 2.42. The second-order valence-corrected chi connectivity index (χ2v) is 7.45. The van der Waals surface area contributed by atoms with Gasteiger partial charge >= 0.3 is 5.69 Å². The standard InChI is InChI=1S/C17H19ClFN5O2/c1-7-5-24-9(6-22(7)3)16(25)20-13-10-14(12(19)8(2)11(13)18)23(4)17(26)21-15(10)24/h7,9H,5-6H2,1-4H3,(H,20,25). The van der Waals surface area contributed by atoms with E-state index in [1.165, 1.54) is 14.0 Å². The van der Waals surface area contributed by atoms with Gasteiger partial charge in [-0.05, 0) is 20.9 Å². The molecule has 1 aromatic carbocycles. The van der Waals surface area contributed by atoms with E-state index in [2.05, 4.69) is 15.2 Å². The van der Waals surface area contributed by atoms with E-state index in [1.54, 1.807) is 4.90 Å². The zero-order valence-corrected chi connectivity index (χ0v) is 15.7. The van der Waals surface area contributed by atoms with Crippen molar-refractivity contribution in [2.75, 3.05) is 30.4 Å². The van der Waals surface area contributed by atoms with Gasteiger partial charge in [0.25, 0.3) is 0 Å². The highest BCUT2D eigenvalue weighted by Gasteiger charge is 2.40. The van der Waals surface area contributed by atoms with Crippen LogP contribution in [0.4, 0.5) is 15.9 Å². The Balaban J connectivity index is 2.14. The number of amides is 1. The lowest BCUT2D eigenvalue weighted by Gasteiger charge is -2.42. The summed E-state index contributed by atoms with van der Waals surface area (Å²) in [5.74, 6) is -0.514. The maximum absolute atomic E-state index is 15.0. The van der Waals surface area contributed by atoms with Crippen LogP contribution in [0.1, 0.15) is 12.5 Å². The van der Waals surface area contributed by atoms with E-state index < -0.39 is 17.5 Å². The van der Waals surface area contributed by atoms with Crippen molar-refractivity contribution in [1.82, 2.24) is 14.5 Å². The normalized spacial score (nSPS) is 23.0. The van der Waals surface area contributed by atoms with E-state index in [0.29, 0.717) is 30.0 Å². The second kappa shape index (κ2) is 5.65. The van der Waals surface area contributed by atoms with Crippen LogP contribution in [0.3, 0.4) is 0 Å². The van der Waals surface area contributed by atoms with Crippen LogP contribution in [0.15, 0.2) is 4.79 Å². The summed E-state index contributed by atoms with van der Waals surface area (Å²) in [5.41, 5.74) is 0.0310. The molecule has 0 radical (unpaired) electrons. The number of anilines is 2. The number of piperazine rings is 1. The minimum absolute atomic E-state index is 0.101. The highest BCUT2D eigenvalue weighted by atomic mass is 35.5. The van der Waals surface area contributed by atoms with Crippen LogP contribution < -0.4 is 15.9 Å². The first-order chi connectivity index (χ1) is 12.2. The third-order valence-electron chi connectivity index (χ3n) is 5.49. The molecule has 1 N–H and O–H groups in total. The molecule has 26 heavy (non-hydrogen) atoms. The Morgan fingerprint density at radius 1 is 1.27 bits per heavy atom. The van der Waals surface area contributed by atoms with Gasteiger partial charge in [-0.15, -0.1) is 0 Å². The number of rotatable bonds is 0. The van der Waals surface area contributed by atoms with E-state index in [1.807, 2.05) is 14.0 Å². The van der Waals surface area contributed by atoms with Crippen molar-refractivity contribution in [3.8, 4) is 0 Å². The Bertz CT molecular complexity index is 1020. The topological polar surface area (TPSA) is 70.5 Å². The SMILES string of the molecule is Cc1c(Cl)c2c3c(nc(=O)n(C)c3c1F)N1CC(C)N(C)CC1C(=O)N2. The fraction of sp³-hybridized carbons (Fsp3) is 0.471. The molecular weight excluding hydrogens is 361 g/mol. The van der Waals surface area contributed by atoms with Crippen LogP contribution >= 0.6 is 11.6 Å². The van der Waals surface area contributed by atoms with Gasteiger partial charge in [0.2, 0.25) is 5.91 Å². The molecule has 4 rings (SSSR count). The number of hydrogen-bond acceptors (Lipinski definition) is 5. The zero-order chi connectivity index (χ0) is 18.9. The number of nitrogens with zero attached hydrogens (tertiary/aromatic N) is 4. The molecule has 0 spiro atoms. The average molecular weight is 380 g/mol. The van der Waals surface area contributed by atoms with Gasteiger partial charge in [-0.25, -0.2) is 9.18 Å². The second-order valence-electron chi connectivity index (χ2n) is 7.07. The van der Waals surface area contributed by atoms with Crippen LogP contribution in [0.25, 0.3) is 10.9 Å². The van der Waals surface area contributed by atoms with E-state index >= 15 is 4.39 Å². The van der Waals surface area contributed by atoms with Crippen LogP contribution in [0, 0.1) is 12.7 Å². The number of hydrogen-bond donors (Lipinski definition) is 1. The summed E-state index contributed by atoms with van der Waals surface area (Å²) >= 11 is 6.37. The Hall–Kier alpha value is -2.19. The third-order valence-corrected chi connectivity index (χ3v) is 5.97. The number of carbonyl (C=O) groups excluding carboxylic acids is 1. The van der Waals surface area contributed by atoms with Crippen LogP contribution in [-0.4, -0.2) is 52.6 Å². The van der Waals surface area contributed by atoms with E-state index in [4.69, 9.17) is 11.6 Å². The summed E-state index contributed by atoms with van der Waals surface area (Å²) in [5, 5.41) is 3.34. The van der Waals surface area contributed by atoms with E-state index in [9.17, 15) is 9.59 Å².